The van der Waals surface area contributed by atoms with Gasteiger partial charge in [0.1, 0.15) is 0 Å². The molecular formula is C51H42N4. The van der Waals surface area contributed by atoms with Crippen molar-refractivity contribution in [3.8, 4) is 51.0 Å². The van der Waals surface area contributed by atoms with Crippen LogP contribution in [0.5, 0.6) is 0 Å². The molecule has 0 saturated heterocycles. The van der Waals surface area contributed by atoms with E-state index in [0.29, 0.717) is 17.5 Å². The van der Waals surface area contributed by atoms with Crippen LogP contribution in [0.1, 0.15) is 51.7 Å². The van der Waals surface area contributed by atoms with E-state index in [1.54, 1.807) is 0 Å². The minimum absolute atomic E-state index is 0.114. The molecule has 10 rings (SSSR count). The quantitative estimate of drug-likeness (QED) is 0.179. The zero-order valence-corrected chi connectivity index (χ0v) is 31.7. The summed E-state index contributed by atoms with van der Waals surface area (Å²) in [7, 11) is 0. The van der Waals surface area contributed by atoms with Gasteiger partial charge in [-0.1, -0.05) is 137 Å². The van der Waals surface area contributed by atoms with Crippen molar-refractivity contribution in [3.05, 3.63) is 169 Å². The van der Waals surface area contributed by atoms with Crippen LogP contribution in [0.3, 0.4) is 0 Å². The first-order valence-electron chi connectivity index (χ1n) is 19.3. The van der Waals surface area contributed by atoms with Gasteiger partial charge in [0.15, 0.2) is 17.5 Å². The monoisotopic (exact) mass is 710 g/mol. The van der Waals surface area contributed by atoms with Crippen molar-refractivity contribution in [1.29, 1.82) is 0 Å². The SMILES string of the molecule is CC1(C)CCC(C)(C)c2cc3c(cc21)c1ccccc1n3-c1ccc(-c2nc(-c3cccc(-c4ccccc4)c3)nc(-c3cccc4ccccc34)n2)cc1. The summed E-state index contributed by atoms with van der Waals surface area (Å²) in [5, 5.41) is 4.85. The van der Waals surface area contributed by atoms with Crippen molar-refractivity contribution in [3.63, 3.8) is 0 Å². The van der Waals surface area contributed by atoms with Crippen LogP contribution in [0.4, 0.5) is 0 Å². The minimum atomic E-state index is 0.114. The molecule has 0 fully saturated rings. The fraction of sp³-hybridized carbons (Fsp3) is 0.157. The van der Waals surface area contributed by atoms with Gasteiger partial charge in [-0.25, -0.2) is 15.0 Å². The Hall–Kier alpha value is -6.39. The summed E-state index contributed by atoms with van der Waals surface area (Å²) in [4.78, 5) is 15.5. The number of aromatic nitrogens is 4. The van der Waals surface area contributed by atoms with Crippen LogP contribution in [-0.4, -0.2) is 19.5 Å². The van der Waals surface area contributed by atoms with Crippen LogP contribution in [0.2, 0.25) is 0 Å². The first kappa shape index (κ1) is 33.2. The van der Waals surface area contributed by atoms with Crippen molar-refractivity contribution in [2.24, 2.45) is 0 Å². The van der Waals surface area contributed by atoms with Crippen LogP contribution < -0.4 is 0 Å². The lowest BCUT2D eigenvalue weighted by Gasteiger charge is -2.42. The highest BCUT2D eigenvalue weighted by molar-refractivity contribution is 6.10. The van der Waals surface area contributed by atoms with Crippen LogP contribution in [0.15, 0.2) is 158 Å². The Kier molecular flexibility index (Phi) is 7.60. The summed E-state index contributed by atoms with van der Waals surface area (Å²) in [6, 6.07) is 56.2. The molecule has 0 aliphatic heterocycles. The molecule has 4 nitrogen and oxygen atoms in total. The van der Waals surface area contributed by atoms with Gasteiger partial charge in [0.2, 0.25) is 0 Å². The largest absolute Gasteiger partial charge is 0.309 e. The van der Waals surface area contributed by atoms with Gasteiger partial charge in [-0.05, 0) is 105 Å². The molecule has 2 aromatic heterocycles. The Morgan fingerprint density at radius 3 is 1.78 bits per heavy atom. The molecule has 0 spiro atoms. The standard InChI is InChI=1S/C51H42N4/c1-50(2)28-29-51(3,4)44-32-46-42(31-43(44)50)40-21-10-11-23-45(40)55(46)38-26-24-35(25-27-38)47-52-48(37-19-12-18-36(30-37)33-14-6-5-7-15-33)54-49(53-47)41-22-13-17-34-16-8-9-20-39(34)41/h5-27,30-32H,28-29H2,1-4H3. The topological polar surface area (TPSA) is 43.6 Å². The Labute approximate surface area is 322 Å². The highest BCUT2D eigenvalue weighted by atomic mass is 15.0. The molecule has 7 aromatic carbocycles. The Balaban J connectivity index is 1.13. The zero-order valence-electron chi connectivity index (χ0n) is 31.7. The first-order chi connectivity index (χ1) is 26.7. The number of fused-ring (bicyclic) bond motifs is 5. The first-order valence-corrected chi connectivity index (χ1v) is 19.3. The number of para-hydroxylation sites is 1. The van der Waals surface area contributed by atoms with Gasteiger partial charge in [0.25, 0.3) is 0 Å². The summed E-state index contributed by atoms with van der Waals surface area (Å²) >= 11 is 0. The molecule has 0 bridgehead atoms. The van der Waals surface area contributed by atoms with E-state index >= 15 is 0 Å². The van der Waals surface area contributed by atoms with Crippen molar-refractivity contribution < 1.29 is 0 Å². The third kappa shape index (κ3) is 5.63. The number of hydrogen-bond donors (Lipinski definition) is 0. The minimum Gasteiger partial charge on any atom is -0.309 e. The van der Waals surface area contributed by atoms with E-state index in [0.717, 1.165) is 44.3 Å². The molecule has 0 atom stereocenters. The summed E-state index contributed by atoms with van der Waals surface area (Å²) < 4.78 is 2.43. The van der Waals surface area contributed by atoms with Crippen molar-refractivity contribution in [2.75, 3.05) is 0 Å². The molecule has 55 heavy (non-hydrogen) atoms. The number of rotatable bonds is 5. The number of benzene rings is 7. The smallest absolute Gasteiger partial charge is 0.164 e. The second-order valence-electron chi connectivity index (χ2n) is 16.4. The third-order valence-electron chi connectivity index (χ3n) is 11.9. The van der Waals surface area contributed by atoms with Crippen LogP contribution in [0, 0.1) is 0 Å². The maximum Gasteiger partial charge on any atom is 0.164 e. The fourth-order valence-electron chi connectivity index (χ4n) is 8.71. The molecule has 2 heterocycles. The Morgan fingerprint density at radius 1 is 0.418 bits per heavy atom. The average molecular weight is 711 g/mol. The van der Waals surface area contributed by atoms with Crippen molar-refractivity contribution >= 4 is 32.6 Å². The molecule has 0 amide bonds. The lowest BCUT2D eigenvalue weighted by Crippen LogP contribution is -2.33. The molecule has 0 saturated carbocycles. The third-order valence-corrected chi connectivity index (χ3v) is 11.9. The van der Waals surface area contributed by atoms with Crippen LogP contribution >= 0.6 is 0 Å². The molecule has 9 aromatic rings. The van der Waals surface area contributed by atoms with Crippen LogP contribution in [0.25, 0.3) is 83.6 Å². The van der Waals surface area contributed by atoms with Gasteiger partial charge >= 0.3 is 0 Å². The van der Waals surface area contributed by atoms with Crippen molar-refractivity contribution in [1.82, 2.24) is 19.5 Å². The highest BCUT2D eigenvalue weighted by Gasteiger charge is 2.37. The predicted molar refractivity (Wildman–Crippen MR) is 229 cm³/mol. The van der Waals surface area contributed by atoms with E-state index in [2.05, 4.69) is 184 Å². The van der Waals surface area contributed by atoms with Gasteiger partial charge < -0.3 is 4.57 Å². The molecule has 0 unspecified atom stereocenters. The fourth-order valence-corrected chi connectivity index (χ4v) is 8.71. The summed E-state index contributed by atoms with van der Waals surface area (Å²) in [6.45, 7) is 9.62. The lowest BCUT2D eigenvalue weighted by molar-refractivity contribution is 0.332. The van der Waals surface area contributed by atoms with E-state index in [9.17, 15) is 0 Å². The normalized spacial score (nSPS) is 14.7. The predicted octanol–water partition coefficient (Wildman–Crippen LogP) is 13.1. The summed E-state index contributed by atoms with van der Waals surface area (Å²) in [5.41, 5.74) is 11.9. The van der Waals surface area contributed by atoms with E-state index in [1.807, 2.05) is 6.07 Å². The summed E-state index contributed by atoms with van der Waals surface area (Å²) in [6.07, 6.45) is 2.37. The van der Waals surface area contributed by atoms with Crippen molar-refractivity contribution in [2.45, 2.75) is 51.4 Å². The van der Waals surface area contributed by atoms with E-state index in [1.165, 1.54) is 45.8 Å². The molecular weight excluding hydrogens is 669 g/mol. The number of hydrogen-bond acceptors (Lipinski definition) is 3. The molecule has 4 heteroatoms. The van der Waals surface area contributed by atoms with Gasteiger partial charge in [-0.2, -0.15) is 0 Å². The molecule has 266 valence electrons. The second kappa shape index (κ2) is 12.6. The van der Waals surface area contributed by atoms with Gasteiger partial charge in [0.05, 0.1) is 11.0 Å². The zero-order chi connectivity index (χ0) is 37.3. The number of nitrogens with zero attached hydrogens (tertiary/aromatic N) is 4. The second-order valence-corrected chi connectivity index (χ2v) is 16.4. The maximum atomic E-state index is 5.17. The van der Waals surface area contributed by atoms with E-state index in [4.69, 9.17) is 15.0 Å². The Bertz CT molecular complexity index is 2910. The summed E-state index contributed by atoms with van der Waals surface area (Å²) in [5.74, 6) is 1.95. The average Bonchev–Trinajstić information content (AvgIpc) is 3.56. The van der Waals surface area contributed by atoms with Gasteiger partial charge in [-0.3, -0.25) is 0 Å². The lowest BCUT2D eigenvalue weighted by atomic mass is 9.63. The van der Waals surface area contributed by atoms with Gasteiger partial charge in [-0.15, -0.1) is 0 Å². The van der Waals surface area contributed by atoms with Gasteiger partial charge in [0, 0.05) is 33.2 Å². The molecule has 0 N–H and O–H groups in total. The maximum absolute atomic E-state index is 5.17. The highest BCUT2D eigenvalue weighted by Crippen LogP contribution is 2.48. The van der Waals surface area contributed by atoms with E-state index < -0.39 is 0 Å². The molecule has 1 aliphatic carbocycles. The van der Waals surface area contributed by atoms with E-state index in [-0.39, 0.29) is 10.8 Å². The Morgan fingerprint density at radius 2 is 1.00 bits per heavy atom. The molecule has 1 aliphatic rings. The van der Waals surface area contributed by atoms with Crippen LogP contribution in [-0.2, 0) is 10.8 Å². The molecule has 0 radical (unpaired) electrons.